The molecular formula is C20H26N4O. The van der Waals surface area contributed by atoms with E-state index in [9.17, 15) is 4.79 Å². The fraction of sp³-hybridized carbons (Fsp3) is 0.400. The van der Waals surface area contributed by atoms with Crippen molar-refractivity contribution < 1.29 is 4.79 Å². The lowest BCUT2D eigenvalue weighted by Gasteiger charge is -2.25. The molecule has 1 fully saturated rings. The van der Waals surface area contributed by atoms with E-state index in [4.69, 9.17) is 0 Å². The molecule has 25 heavy (non-hydrogen) atoms. The molecule has 1 aromatic carbocycles. The largest absolute Gasteiger partial charge is 0.318 e. The van der Waals surface area contributed by atoms with Gasteiger partial charge in [0, 0.05) is 22.6 Å². The first-order valence-corrected chi connectivity index (χ1v) is 8.94. The summed E-state index contributed by atoms with van der Waals surface area (Å²) in [4.78, 5) is 14.2. The lowest BCUT2D eigenvalue weighted by atomic mass is 10.1. The lowest BCUT2D eigenvalue weighted by Crippen LogP contribution is -2.38. The SMILES string of the molecule is Cc1cc(/C=N/NC(=O)CN2CCCCC2)c(C)n1-c1ccccc1. The van der Waals surface area contributed by atoms with E-state index in [0.29, 0.717) is 6.54 Å². The summed E-state index contributed by atoms with van der Waals surface area (Å²) in [6, 6.07) is 12.3. The van der Waals surface area contributed by atoms with Crippen LogP contribution in [0.15, 0.2) is 41.5 Å². The highest BCUT2D eigenvalue weighted by Crippen LogP contribution is 2.19. The monoisotopic (exact) mass is 338 g/mol. The Morgan fingerprint density at radius 2 is 1.88 bits per heavy atom. The van der Waals surface area contributed by atoms with E-state index in [1.54, 1.807) is 6.21 Å². The number of rotatable bonds is 5. The molecule has 5 heteroatoms. The number of nitrogens with zero attached hydrogens (tertiary/aromatic N) is 3. The van der Waals surface area contributed by atoms with Crippen LogP contribution in [0.3, 0.4) is 0 Å². The van der Waals surface area contributed by atoms with Crippen LogP contribution in [0.4, 0.5) is 0 Å². The molecule has 5 nitrogen and oxygen atoms in total. The third-order valence-corrected chi connectivity index (χ3v) is 4.69. The van der Waals surface area contributed by atoms with Gasteiger partial charge in [0.25, 0.3) is 5.91 Å². The molecular weight excluding hydrogens is 312 g/mol. The third-order valence-electron chi connectivity index (χ3n) is 4.69. The van der Waals surface area contributed by atoms with Crippen LogP contribution in [-0.4, -0.2) is 41.2 Å². The number of para-hydroxylation sites is 1. The Kier molecular flexibility index (Phi) is 5.66. The van der Waals surface area contributed by atoms with Gasteiger partial charge in [0.15, 0.2) is 0 Å². The van der Waals surface area contributed by atoms with Crippen molar-refractivity contribution in [2.24, 2.45) is 5.10 Å². The number of carbonyl (C=O) groups is 1. The standard InChI is InChI=1S/C20H26N4O/c1-16-13-18(17(2)24(16)19-9-5-3-6-10-19)14-21-22-20(25)15-23-11-7-4-8-12-23/h3,5-6,9-10,13-14H,4,7-8,11-12,15H2,1-2H3,(H,22,25)/b21-14+. The highest BCUT2D eigenvalue weighted by Gasteiger charge is 2.13. The van der Waals surface area contributed by atoms with Gasteiger partial charge >= 0.3 is 0 Å². The summed E-state index contributed by atoms with van der Waals surface area (Å²) in [7, 11) is 0. The zero-order valence-electron chi connectivity index (χ0n) is 15.0. The molecule has 1 N–H and O–H groups in total. The fourth-order valence-electron chi connectivity index (χ4n) is 3.42. The van der Waals surface area contributed by atoms with Gasteiger partial charge in [0.05, 0.1) is 12.8 Å². The number of benzene rings is 1. The maximum absolute atomic E-state index is 12.0. The van der Waals surface area contributed by atoms with Crippen molar-refractivity contribution in [2.75, 3.05) is 19.6 Å². The van der Waals surface area contributed by atoms with Crippen LogP contribution in [0, 0.1) is 13.8 Å². The molecule has 0 saturated carbocycles. The van der Waals surface area contributed by atoms with E-state index >= 15 is 0 Å². The normalized spacial score (nSPS) is 15.6. The maximum Gasteiger partial charge on any atom is 0.254 e. The van der Waals surface area contributed by atoms with Crippen molar-refractivity contribution >= 4 is 12.1 Å². The Bertz CT molecular complexity index is 743. The summed E-state index contributed by atoms with van der Waals surface area (Å²) in [5, 5.41) is 4.15. The molecule has 1 aliphatic rings. The topological polar surface area (TPSA) is 49.6 Å². The molecule has 0 atom stereocenters. The summed E-state index contributed by atoms with van der Waals surface area (Å²) in [5.41, 5.74) is 7.05. The molecule has 2 heterocycles. The number of amides is 1. The number of aromatic nitrogens is 1. The van der Waals surface area contributed by atoms with Crippen LogP contribution in [0.5, 0.6) is 0 Å². The van der Waals surface area contributed by atoms with Gasteiger partial charge in [0.1, 0.15) is 0 Å². The number of piperidine rings is 1. The summed E-state index contributed by atoms with van der Waals surface area (Å²) in [6.45, 7) is 6.59. The van der Waals surface area contributed by atoms with Crippen molar-refractivity contribution in [3.63, 3.8) is 0 Å². The number of hydrogen-bond donors (Lipinski definition) is 1. The second-order valence-electron chi connectivity index (χ2n) is 6.63. The third kappa shape index (κ3) is 4.37. The highest BCUT2D eigenvalue weighted by atomic mass is 16.2. The Labute approximate surface area is 149 Å². The zero-order valence-corrected chi connectivity index (χ0v) is 15.0. The van der Waals surface area contributed by atoms with Crippen LogP contribution in [0.1, 0.15) is 36.2 Å². The molecule has 1 aromatic heterocycles. The lowest BCUT2D eigenvalue weighted by molar-refractivity contribution is -0.122. The highest BCUT2D eigenvalue weighted by molar-refractivity contribution is 5.84. The second kappa shape index (κ2) is 8.12. The Morgan fingerprint density at radius 3 is 2.60 bits per heavy atom. The molecule has 2 aromatic rings. The van der Waals surface area contributed by atoms with E-state index in [1.165, 1.54) is 19.3 Å². The molecule has 1 aliphatic heterocycles. The second-order valence-corrected chi connectivity index (χ2v) is 6.63. The van der Waals surface area contributed by atoms with Gasteiger partial charge in [0.2, 0.25) is 0 Å². The summed E-state index contributed by atoms with van der Waals surface area (Å²) in [6.07, 6.45) is 5.37. The van der Waals surface area contributed by atoms with Crippen LogP contribution >= 0.6 is 0 Å². The van der Waals surface area contributed by atoms with E-state index in [2.05, 4.69) is 52.0 Å². The Hall–Kier alpha value is -2.40. The van der Waals surface area contributed by atoms with Crippen molar-refractivity contribution in [3.05, 3.63) is 53.3 Å². The molecule has 3 rings (SSSR count). The van der Waals surface area contributed by atoms with Crippen molar-refractivity contribution in [1.29, 1.82) is 0 Å². The van der Waals surface area contributed by atoms with E-state index in [-0.39, 0.29) is 5.91 Å². The smallest absolute Gasteiger partial charge is 0.254 e. The van der Waals surface area contributed by atoms with Gasteiger partial charge in [-0.05, 0) is 58.0 Å². The Morgan fingerprint density at radius 1 is 1.16 bits per heavy atom. The average molecular weight is 338 g/mol. The summed E-state index contributed by atoms with van der Waals surface area (Å²) in [5.74, 6) is -0.0463. The van der Waals surface area contributed by atoms with Gasteiger partial charge in [-0.25, -0.2) is 5.43 Å². The minimum Gasteiger partial charge on any atom is -0.318 e. The first kappa shape index (κ1) is 17.4. The van der Waals surface area contributed by atoms with Crippen LogP contribution in [-0.2, 0) is 4.79 Å². The van der Waals surface area contributed by atoms with Gasteiger partial charge in [-0.2, -0.15) is 5.10 Å². The van der Waals surface area contributed by atoms with Crippen LogP contribution < -0.4 is 5.43 Å². The number of nitrogens with one attached hydrogen (secondary N) is 1. The van der Waals surface area contributed by atoms with Crippen LogP contribution in [0.2, 0.25) is 0 Å². The predicted octanol–water partition coefficient (Wildman–Crippen LogP) is 3.03. The van der Waals surface area contributed by atoms with E-state index < -0.39 is 0 Å². The summed E-state index contributed by atoms with van der Waals surface area (Å²) < 4.78 is 2.19. The number of aryl methyl sites for hydroxylation is 1. The molecule has 1 saturated heterocycles. The molecule has 0 unspecified atom stereocenters. The molecule has 0 spiro atoms. The number of carbonyl (C=O) groups excluding carboxylic acids is 1. The molecule has 0 bridgehead atoms. The molecule has 0 radical (unpaired) electrons. The average Bonchev–Trinajstić information content (AvgIpc) is 2.90. The van der Waals surface area contributed by atoms with Crippen molar-refractivity contribution in [2.45, 2.75) is 33.1 Å². The number of hydrazone groups is 1. The fourth-order valence-corrected chi connectivity index (χ4v) is 3.42. The molecule has 0 aliphatic carbocycles. The number of likely N-dealkylation sites (tertiary alicyclic amines) is 1. The predicted molar refractivity (Wildman–Crippen MR) is 101 cm³/mol. The van der Waals surface area contributed by atoms with Crippen molar-refractivity contribution in [3.8, 4) is 5.69 Å². The van der Waals surface area contributed by atoms with Crippen molar-refractivity contribution in [1.82, 2.24) is 14.9 Å². The van der Waals surface area contributed by atoms with Gasteiger partial charge < -0.3 is 4.57 Å². The Balaban J connectivity index is 1.63. The van der Waals surface area contributed by atoms with Gasteiger partial charge in [-0.3, -0.25) is 9.69 Å². The first-order chi connectivity index (χ1) is 12.1. The first-order valence-electron chi connectivity index (χ1n) is 8.94. The van der Waals surface area contributed by atoms with E-state index in [1.807, 2.05) is 18.2 Å². The van der Waals surface area contributed by atoms with Crippen LogP contribution in [0.25, 0.3) is 5.69 Å². The quantitative estimate of drug-likeness (QED) is 0.673. The summed E-state index contributed by atoms with van der Waals surface area (Å²) >= 11 is 0. The molecule has 132 valence electrons. The molecule has 1 amide bonds. The minimum absolute atomic E-state index is 0.0463. The zero-order chi connectivity index (χ0) is 17.6. The number of hydrogen-bond acceptors (Lipinski definition) is 3. The van der Waals surface area contributed by atoms with E-state index in [0.717, 1.165) is 35.7 Å². The van der Waals surface area contributed by atoms with Gasteiger partial charge in [-0.1, -0.05) is 24.6 Å². The minimum atomic E-state index is -0.0463. The van der Waals surface area contributed by atoms with Gasteiger partial charge in [-0.15, -0.1) is 0 Å². The maximum atomic E-state index is 12.0.